The van der Waals surface area contributed by atoms with Gasteiger partial charge < -0.3 is 10.3 Å². The van der Waals surface area contributed by atoms with E-state index in [4.69, 9.17) is 0 Å². The van der Waals surface area contributed by atoms with Crippen molar-refractivity contribution in [1.29, 1.82) is 0 Å². The van der Waals surface area contributed by atoms with Crippen LogP contribution in [0, 0.1) is 0 Å². The van der Waals surface area contributed by atoms with Gasteiger partial charge in [-0.25, -0.2) is 0 Å². The molecular weight excluding hydrogens is 276 g/mol. The number of benzene rings is 1. The van der Waals surface area contributed by atoms with Gasteiger partial charge in [0.2, 0.25) is 5.91 Å². The number of amides is 1. The quantitative estimate of drug-likeness (QED) is 0.760. The van der Waals surface area contributed by atoms with Crippen molar-refractivity contribution in [2.45, 2.75) is 25.8 Å². The van der Waals surface area contributed by atoms with Gasteiger partial charge in [0, 0.05) is 31.4 Å². The maximum Gasteiger partial charge on any atom is 0.220 e. The van der Waals surface area contributed by atoms with Crippen LogP contribution in [-0.4, -0.2) is 20.7 Å². The highest BCUT2D eigenvalue weighted by atomic mass is 16.1. The van der Waals surface area contributed by atoms with Crippen molar-refractivity contribution in [2.24, 2.45) is 7.05 Å². The van der Waals surface area contributed by atoms with Crippen molar-refractivity contribution in [1.82, 2.24) is 20.1 Å². The molecule has 3 aromatic rings. The number of hydrogen-bond donors (Lipinski definition) is 2. The molecular formula is C17H20N4O. The smallest absolute Gasteiger partial charge is 0.220 e. The number of rotatable bonds is 5. The fourth-order valence-electron chi connectivity index (χ4n) is 2.60. The van der Waals surface area contributed by atoms with Crippen LogP contribution in [0.15, 0.2) is 42.9 Å². The summed E-state index contributed by atoms with van der Waals surface area (Å²) in [5.41, 5.74) is 3.31. The molecule has 0 fully saturated rings. The number of carbonyl (C=O) groups is 1. The summed E-state index contributed by atoms with van der Waals surface area (Å²) >= 11 is 0. The lowest BCUT2D eigenvalue weighted by Gasteiger charge is -2.14. The third-order valence-corrected chi connectivity index (χ3v) is 3.85. The minimum atomic E-state index is 0.000647. The molecule has 1 atom stereocenters. The Hall–Kier alpha value is -2.56. The molecule has 0 spiro atoms. The summed E-state index contributed by atoms with van der Waals surface area (Å²) in [4.78, 5) is 15.2. The molecule has 0 saturated heterocycles. The maximum atomic E-state index is 12.1. The minimum Gasteiger partial charge on any atom is -0.361 e. The zero-order valence-electron chi connectivity index (χ0n) is 12.8. The topological polar surface area (TPSA) is 62.7 Å². The van der Waals surface area contributed by atoms with E-state index in [0.29, 0.717) is 12.8 Å². The molecule has 114 valence electrons. The van der Waals surface area contributed by atoms with Gasteiger partial charge in [0.25, 0.3) is 0 Å². The van der Waals surface area contributed by atoms with Gasteiger partial charge in [-0.15, -0.1) is 0 Å². The molecule has 3 rings (SSSR count). The normalized spacial score (nSPS) is 12.5. The first kappa shape index (κ1) is 14.4. The van der Waals surface area contributed by atoms with Gasteiger partial charge >= 0.3 is 0 Å². The second-order valence-corrected chi connectivity index (χ2v) is 5.64. The van der Waals surface area contributed by atoms with E-state index in [1.165, 1.54) is 0 Å². The summed E-state index contributed by atoms with van der Waals surface area (Å²) in [6, 6.07) is 8.24. The number of nitrogens with zero attached hydrogens (tertiary/aromatic N) is 2. The molecule has 0 aliphatic heterocycles. The van der Waals surface area contributed by atoms with E-state index in [-0.39, 0.29) is 11.9 Å². The van der Waals surface area contributed by atoms with Crippen LogP contribution in [0.5, 0.6) is 0 Å². The molecule has 1 amide bonds. The Bertz CT molecular complexity index is 787. The highest BCUT2D eigenvalue weighted by molar-refractivity contribution is 5.80. The standard InChI is InChI=1S/C17H20N4O/c1-12(14-4-5-16-15(9-14)7-8-18-16)20-17(22)6-3-13-10-19-21(2)11-13/h4-5,7-12,18H,3,6H2,1-2H3,(H,20,22)/t12-/m1/s1. The van der Waals surface area contributed by atoms with Gasteiger partial charge in [0.15, 0.2) is 0 Å². The van der Waals surface area contributed by atoms with Gasteiger partial charge in [-0.2, -0.15) is 5.10 Å². The summed E-state index contributed by atoms with van der Waals surface area (Å²) in [7, 11) is 1.88. The highest BCUT2D eigenvalue weighted by Crippen LogP contribution is 2.19. The average molecular weight is 296 g/mol. The van der Waals surface area contributed by atoms with Crippen molar-refractivity contribution < 1.29 is 4.79 Å². The molecule has 0 aliphatic rings. The molecule has 0 aliphatic carbocycles. The van der Waals surface area contributed by atoms with E-state index < -0.39 is 0 Å². The van der Waals surface area contributed by atoms with Gasteiger partial charge in [-0.05, 0) is 48.1 Å². The Morgan fingerprint density at radius 1 is 1.41 bits per heavy atom. The highest BCUT2D eigenvalue weighted by Gasteiger charge is 2.10. The molecule has 1 aromatic carbocycles. The zero-order chi connectivity index (χ0) is 15.5. The van der Waals surface area contributed by atoms with Gasteiger partial charge in [-0.3, -0.25) is 9.48 Å². The molecule has 0 bridgehead atoms. The summed E-state index contributed by atoms with van der Waals surface area (Å²) < 4.78 is 1.75. The first-order chi connectivity index (χ1) is 10.6. The van der Waals surface area contributed by atoms with Crippen molar-refractivity contribution in [2.75, 3.05) is 0 Å². The largest absolute Gasteiger partial charge is 0.361 e. The van der Waals surface area contributed by atoms with E-state index in [1.54, 1.807) is 10.9 Å². The summed E-state index contributed by atoms with van der Waals surface area (Å²) in [6.07, 6.45) is 6.85. The number of nitrogens with one attached hydrogen (secondary N) is 2. The lowest BCUT2D eigenvalue weighted by molar-refractivity contribution is -0.121. The van der Waals surface area contributed by atoms with E-state index in [2.05, 4.69) is 21.5 Å². The van der Waals surface area contributed by atoms with Crippen LogP contribution in [0.25, 0.3) is 10.9 Å². The van der Waals surface area contributed by atoms with Gasteiger partial charge in [0.05, 0.1) is 12.2 Å². The summed E-state index contributed by atoms with van der Waals surface area (Å²) in [5.74, 6) is 0.0607. The Morgan fingerprint density at radius 3 is 3.05 bits per heavy atom. The molecule has 0 unspecified atom stereocenters. The monoisotopic (exact) mass is 296 g/mol. The van der Waals surface area contributed by atoms with Crippen LogP contribution in [0.1, 0.15) is 30.5 Å². The fraction of sp³-hybridized carbons (Fsp3) is 0.294. The van der Waals surface area contributed by atoms with E-state index in [9.17, 15) is 4.79 Å². The summed E-state index contributed by atoms with van der Waals surface area (Å²) in [6.45, 7) is 2.01. The second kappa shape index (κ2) is 6.05. The SMILES string of the molecule is C[C@@H](NC(=O)CCc1cnn(C)c1)c1ccc2[nH]ccc2c1. The number of aromatic amines is 1. The lowest BCUT2D eigenvalue weighted by Crippen LogP contribution is -2.26. The van der Waals surface area contributed by atoms with E-state index in [1.807, 2.05) is 44.6 Å². The summed E-state index contributed by atoms with van der Waals surface area (Å²) in [5, 5.41) is 8.32. The molecule has 22 heavy (non-hydrogen) atoms. The average Bonchev–Trinajstić information content (AvgIpc) is 3.12. The third-order valence-electron chi connectivity index (χ3n) is 3.85. The van der Waals surface area contributed by atoms with Crippen LogP contribution >= 0.6 is 0 Å². The van der Waals surface area contributed by atoms with Crippen LogP contribution in [0.3, 0.4) is 0 Å². The lowest BCUT2D eigenvalue weighted by atomic mass is 10.1. The van der Waals surface area contributed by atoms with Crippen molar-refractivity contribution in [3.63, 3.8) is 0 Å². The molecule has 2 N–H and O–H groups in total. The first-order valence-electron chi connectivity index (χ1n) is 7.46. The van der Waals surface area contributed by atoms with Crippen molar-refractivity contribution in [3.8, 4) is 0 Å². The van der Waals surface area contributed by atoms with Crippen LogP contribution < -0.4 is 5.32 Å². The molecule has 2 heterocycles. The molecule has 5 heteroatoms. The number of H-pyrrole nitrogens is 1. The number of carbonyl (C=O) groups excluding carboxylic acids is 1. The van der Waals surface area contributed by atoms with Crippen LogP contribution in [0.4, 0.5) is 0 Å². The predicted octanol–water partition coefficient (Wildman–Crippen LogP) is 2.71. The minimum absolute atomic E-state index is 0.000647. The van der Waals surface area contributed by atoms with Crippen LogP contribution in [-0.2, 0) is 18.3 Å². The zero-order valence-corrected chi connectivity index (χ0v) is 12.8. The Labute approximate surface area is 129 Å². The number of aryl methyl sites for hydroxylation is 2. The van der Waals surface area contributed by atoms with Gasteiger partial charge in [0.1, 0.15) is 0 Å². The first-order valence-corrected chi connectivity index (χ1v) is 7.46. The molecule has 0 saturated carbocycles. The number of aromatic nitrogens is 3. The van der Waals surface area contributed by atoms with E-state index >= 15 is 0 Å². The Kier molecular flexibility index (Phi) is 3.96. The fourth-order valence-corrected chi connectivity index (χ4v) is 2.60. The predicted molar refractivity (Wildman–Crippen MR) is 86.4 cm³/mol. The number of hydrogen-bond acceptors (Lipinski definition) is 2. The maximum absolute atomic E-state index is 12.1. The Balaban J connectivity index is 1.58. The van der Waals surface area contributed by atoms with Crippen molar-refractivity contribution in [3.05, 3.63) is 54.0 Å². The molecule has 0 radical (unpaired) electrons. The molecule has 2 aromatic heterocycles. The number of fused-ring (bicyclic) bond motifs is 1. The Morgan fingerprint density at radius 2 is 2.27 bits per heavy atom. The van der Waals surface area contributed by atoms with Gasteiger partial charge in [-0.1, -0.05) is 6.07 Å². The van der Waals surface area contributed by atoms with E-state index in [0.717, 1.165) is 22.0 Å². The second-order valence-electron chi connectivity index (χ2n) is 5.64. The van der Waals surface area contributed by atoms with Crippen molar-refractivity contribution >= 4 is 16.8 Å². The van der Waals surface area contributed by atoms with Crippen LogP contribution in [0.2, 0.25) is 0 Å². The molecule has 5 nitrogen and oxygen atoms in total. The third kappa shape index (κ3) is 3.19.